The third-order valence-electron chi connectivity index (χ3n) is 4.52. The molecular formula is C15H27N3O3S. The maximum atomic E-state index is 11.5. The standard InChI is InChI=1S/C15H27N3O3S/c19-22(20)8-6-12(11-22)9-16-15(18-13-4-5-13)17-10-14-3-1-2-7-21-14/h12-14H,1-11H2,(H2,16,17,18). The van der Waals surface area contributed by atoms with Crippen molar-refractivity contribution in [2.45, 2.75) is 50.7 Å². The minimum Gasteiger partial charge on any atom is -0.376 e. The van der Waals surface area contributed by atoms with Crippen molar-refractivity contribution in [1.29, 1.82) is 0 Å². The maximum Gasteiger partial charge on any atom is 0.191 e. The van der Waals surface area contributed by atoms with Gasteiger partial charge in [0.15, 0.2) is 15.8 Å². The monoisotopic (exact) mass is 329 g/mol. The van der Waals surface area contributed by atoms with Crippen LogP contribution in [-0.4, -0.2) is 57.7 Å². The van der Waals surface area contributed by atoms with Gasteiger partial charge in [0.25, 0.3) is 0 Å². The SMILES string of the molecule is O=S1(=O)CCC(CN=C(NCC2CCCCO2)NC2CC2)C1. The van der Waals surface area contributed by atoms with Crippen LogP contribution in [0.15, 0.2) is 4.99 Å². The van der Waals surface area contributed by atoms with Gasteiger partial charge in [0.1, 0.15) is 0 Å². The van der Waals surface area contributed by atoms with Crippen molar-refractivity contribution in [2.75, 3.05) is 31.2 Å². The molecule has 3 rings (SSSR count). The highest BCUT2D eigenvalue weighted by Gasteiger charge is 2.28. The van der Waals surface area contributed by atoms with Crippen molar-refractivity contribution >= 4 is 15.8 Å². The van der Waals surface area contributed by atoms with E-state index in [1.165, 1.54) is 19.3 Å². The van der Waals surface area contributed by atoms with E-state index < -0.39 is 9.84 Å². The number of guanidine groups is 1. The molecule has 2 aliphatic heterocycles. The van der Waals surface area contributed by atoms with Gasteiger partial charge in [-0.2, -0.15) is 0 Å². The zero-order chi connectivity index (χ0) is 15.4. The highest BCUT2D eigenvalue weighted by molar-refractivity contribution is 7.91. The Balaban J connectivity index is 1.48. The Morgan fingerprint density at radius 1 is 1.18 bits per heavy atom. The Labute approximate surface area is 133 Å². The van der Waals surface area contributed by atoms with E-state index in [-0.39, 0.29) is 12.0 Å². The van der Waals surface area contributed by atoms with Gasteiger partial charge < -0.3 is 15.4 Å². The largest absolute Gasteiger partial charge is 0.376 e. The topological polar surface area (TPSA) is 79.8 Å². The molecular weight excluding hydrogens is 302 g/mol. The van der Waals surface area contributed by atoms with Gasteiger partial charge in [-0.15, -0.1) is 0 Å². The first-order valence-electron chi connectivity index (χ1n) is 8.47. The van der Waals surface area contributed by atoms with E-state index in [1.807, 2.05) is 0 Å². The minimum atomic E-state index is -2.81. The van der Waals surface area contributed by atoms with E-state index in [0.29, 0.717) is 24.1 Å². The molecule has 6 nitrogen and oxygen atoms in total. The Bertz CT molecular complexity index is 496. The van der Waals surface area contributed by atoms with Gasteiger partial charge >= 0.3 is 0 Å². The predicted octanol–water partition coefficient (Wildman–Crippen LogP) is 0.688. The third-order valence-corrected chi connectivity index (χ3v) is 6.36. The lowest BCUT2D eigenvalue weighted by atomic mass is 10.1. The van der Waals surface area contributed by atoms with E-state index in [2.05, 4.69) is 15.6 Å². The third kappa shape index (κ3) is 5.12. The van der Waals surface area contributed by atoms with Crippen LogP contribution in [0.4, 0.5) is 0 Å². The summed E-state index contributed by atoms with van der Waals surface area (Å²) >= 11 is 0. The number of sulfone groups is 1. The van der Waals surface area contributed by atoms with Crippen molar-refractivity contribution in [3.8, 4) is 0 Å². The Kier molecular flexibility index (Phi) is 5.23. The molecule has 22 heavy (non-hydrogen) atoms. The van der Waals surface area contributed by atoms with Gasteiger partial charge in [-0.1, -0.05) is 0 Å². The minimum absolute atomic E-state index is 0.175. The smallest absolute Gasteiger partial charge is 0.191 e. The molecule has 2 N–H and O–H groups in total. The molecule has 1 aliphatic carbocycles. The molecule has 2 heterocycles. The van der Waals surface area contributed by atoms with Crippen LogP contribution < -0.4 is 10.6 Å². The molecule has 0 radical (unpaired) electrons. The lowest BCUT2D eigenvalue weighted by Crippen LogP contribution is -2.43. The Hall–Kier alpha value is -0.820. The van der Waals surface area contributed by atoms with Gasteiger partial charge in [0.05, 0.1) is 17.6 Å². The maximum absolute atomic E-state index is 11.5. The van der Waals surface area contributed by atoms with Crippen LogP contribution in [0.25, 0.3) is 0 Å². The number of nitrogens with one attached hydrogen (secondary N) is 2. The molecule has 2 atom stereocenters. The molecule has 126 valence electrons. The van der Waals surface area contributed by atoms with Gasteiger partial charge in [-0.05, 0) is 44.4 Å². The molecule has 0 spiro atoms. The number of hydrogen-bond donors (Lipinski definition) is 2. The lowest BCUT2D eigenvalue weighted by Gasteiger charge is -2.24. The normalized spacial score (nSPS) is 31.9. The van der Waals surface area contributed by atoms with Crippen LogP contribution in [0.5, 0.6) is 0 Å². The van der Waals surface area contributed by atoms with Crippen molar-refractivity contribution < 1.29 is 13.2 Å². The molecule has 3 aliphatic rings. The summed E-state index contributed by atoms with van der Waals surface area (Å²) in [5, 5.41) is 6.78. The van der Waals surface area contributed by atoms with Crippen LogP contribution in [0.1, 0.15) is 38.5 Å². The average molecular weight is 329 g/mol. The van der Waals surface area contributed by atoms with Crippen LogP contribution in [0.3, 0.4) is 0 Å². The second kappa shape index (κ2) is 7.17. The predicted molar refractivity (Wildman–Crippen MR) is 86.8 cm³/mol. The summed E-state index contributed by atoms with van der Waals surface area (Å²) in [6, 6.07) is 0.533. The van der Waals surface area contributed by atoms with Crippen molar-refractivity contribution in [3.05, 3.63) is 0 Å². The highest BCUT2D eigenvalue weighted by atomic mass is 32.2. The van der Waals surface area contributed by atoms with E-state index in [9.17, 15) is 8.42 Å². The first-order chi connectivity index (χ1) is 10.6. The van der Waals surface area contributed by atoms with Gasteiger partial charge in [-0.3, -0.25) is 4.99 Å². The molecule has 0 aromatic heterocycles. The van der Waals surface area contributed by atoms with Crippen LogP contribution in [0.2, 0.25) is 0 Å². The highest BCUT2D eigenvalue weighted by Crippen LogP contribution is 2.20. The fraction of sp³-hybridized carbons (Fsp3) is 0.933. The number of nitrogens with zero attached hydrogens (tertiary/aromatic N) is 1. The number of hydrogen-bond acceptors (Lipinski definition) is 4. The fourth-order valence-electron chi connectivity index (χ4n) is 2.99. The van der Waals surface area contributed by atoms with Crippen molar-refractivity contribution in [2.24, 2.45) is 10.9 Å². The summed E-state index contributed by atoms with van der Waals surface area (Å²) in [4.78, 5) is 4.61. The van der Waals surface area contributed by atoms with E-state index in [4.69, 9.17) is 4.74 Å². The van der Waals surface area contributed by atoms with E-state index >= 15 is 0 Å². The van der Waals surface area contributed by atoms with Crippen LogP contribution >= 0.6 is 0 Å². The molecule has 0 aromatic carbocycles. The molecule has 0 amide bonds. The molecule has 7 heteroatoms. The second-order valence-electron chi connectivity index (χ2n) is 6.75. The summed E-state index contributed by atoms with van der Waals surface area (Å²) in [7, 11) is -2.81. The fourth-order valence-corrected chi connectivity index (χ4v) is 4.84. The molecule has 2 saturated heterocycles. The average Bonchev–Trinajstić information content (AvgIpc) is 3.25. The molecule has 0 aromatic rings. The van der Waals surface area contributed by atoms with E-state index in [1.54, 1.807) is 0 Å². The zero-order valence-electron chi connectivity index (χ0n) is 13.1. The van der Waals surface area contributed by atoms with Crippen molar-refractivity contribution in [1.82, 2.24) is 10.6 Å². The number of aliphatic imine (C=N–C) groups is 1. The van der Waals surface area contributed by atoms with Crippen LogP contribution in [0, 0.1) is 5.92 Å². The Morgan fingerprint density at radius 2 is 2.05 bits per heavy atom. The van der Waals surface area contributed by atoms with Gasteiger partial charge in [-0.25, -0.2) is 8.42 Å². The quantitative estimate of drug-likeness (QED) is 0.573. The van der Waals surface area contributed by atoms with Gasteiger partial charge in [0, 0.05) is 25.7 Å². The molecule has 0 bridgehead atoms. The number of rotatable bonds is 5. The first kappa shape index (κ1) is 16.1. The second-order valence-corrected chi connectivity index (χ2v) is 8.98. The summed E-state index contributed by atoms with van der Waals surface area (Å²) in [5.74, 6) is 1.61. The summed E-state index contributed by atoms with van der Waals surface area (Å²) in [6.45, 7) is 2.23. The van der Waals surface area contributed by atoms with Crippen LogP contribution in [-0.2, 0) is 14.6 Å². The van der Waals surface area contributed by atoms with Crippen molar-refractivity contribution in [3.63, 3.8) is 0 Å². The first-order valence-corrected chi connectivity index (χ1v) is 10.3. The molecule has 3 fully saturated rings. The number of ether oxygens (including phenoxy) is 1. The lowest BCUT2D eigenvalue weighted by molar-refractivity contribution is 0.0194. The Morgan fingerprint density at radius 3 is 2.68 bits per heavy atom. The molecule has 1 saturated carbocycles. The summed E-state index contributed by atoms with van der Waals surface area (Å²) in [5.41, 5.74) is 0. The molecule has 2 unspecified atom stereocenters. The zero-order valence-corrected chi connectivity index (χ0v) is 13.9. The summed E-state index contributed by atoms with van der Waals surface area (Å²) < 4.78 is 28.7. The van der Waals surface area contributed by atoms with Gasteiger partial charge in [0.2, 0.25) is 0 Å². The van der Waals surface area contributed by atoms with E-state index in [0.717, 1.165) is 38.4 Å². The summed E-state index contributed by atoms with van der Waals surface area (Å²) in [6.07, 6.45) is 6.89.